The molecule has 1 aromatic heterocycles. The van der Waals surface area contributed by atoms with Crippen LogP contribution in [0.25, 0.3) is 43.8 Å². The fourth-order valence-corrected chi connectivity index (χ4v) is 4.13. The van der Waals surface area contributed by atoms with Gasteiger partial charge in [-0.15, -0.1) is 0 Å². The smallest absolute Gasteiger partial charge is 0.245 e. The lowest BCUT2D eigenvalue weighted by molar-refractivity contribution is 0.381. The fraction of sp³-hybridized carbons (Fsp3) is 0. The van der Waals surface area contributed by atoms with Gasteiger partial charge in [-0.25, -0.2) is 42.0 Å². The highest BCUT2D eigenvalue weighted by Crippen LogP contribution is 2.46. The molecule has 0 N–H and O–H groups in total. The molecule has 0 atom stereocenters. The van der Waals surface area contributed by atoms with Crippen LogP contribution in [0.1, 0.15) is 22.4 Å². The van der Waals surface area contributed by atoms with E-state index in [-0.39, 0.29) is 50.2 Å². The van der Waals surface area contributed by atoms with Crippen molar-refractivity contribution in [3.8, 4) is 40.6 Å². The Kier molecular flexibility index (Phi) is 5.14. The molecule has 0 radical (unpaired) electrons. The number of aromatic nitrogens is 2. The minimum absolute atomic E-state index is 0.0181. The van der Waals surface area contributed by atoms with Crippen molar-refractivity contribution in [2.75, 3.05) is 0 Å². The van der Waals surface area contributed by atoms with Crippen molar-refractivity contribution >= 4 is 16.6 Å². The van der Waals surface area contributed by atoms with Gasteiger partial charge in [-0.1, -0.05) is 12.1 Å². The molecule has 0 unspecified atom stereocenters. The minimum Gasteiger partial charge on any atom is -0.245 e. The fourth-order valence-electron chi connectivity index (χ4n) is 4.13. The number of nitriles is 3. The maximum atomic E-state index is 14.5. The predicted octanol–water partition coefficient (Wildman–Crippen LogP) is 5.92. The van der Waals surface area contributed by atoms with E-state index in [2.05, 4.69) is 14.8 Å². The van der Waals surface area contributed by atoms with Crippen LogP contribution < -0.4 is 0 Å². The van der Waals surface area contributed by atoms with Gasteiger partial charge in [-0.2, -0.15) is 10.5 Å². The van der Waals surface area contributed by atoms with Crippen LogP contribution in [0.2, 0.25) is 0 Å². The summed E-state index contributed by atoms with van der Waals surface area (Å²) in [6.45, 7) is 7.41. The van der Waals surface area contributed by atoms with E-state index in [0.717, 1.165) is 12.1 Å². The third-order valence-corrected chi connectivity index (χ3v) is 5.78. The highest BCUT2D eigenvalue weighted by atomic mass is 19.2. The number of nitrogens with zero attached hydrogens (tertiary/aromatic N) is 6. The number of fused-ring (bicyclic) bond motifs is 4. The SMILES string of the molecule is [C-]#[N+]/C(C#N)=C1\c2cc(-c3c(F)c(F)c(F)c(F)c3F)ccc2-c2nc3cc(C#N)c(C#N)cc3nc21. The molecule has 4 aromatic rings. The highest BCUT2D eigenvalue weighted by Gasteiger charge is 2.32. The predicted molar refractivity (Wildman–Crippen MR) is 118 cm³/mol. The molecule has 174 valence electrons. The number of hydrogen-bond acceptors (Lipinski definition) is 5. The number of rotatable bonds is 1. The van der Waals surface area contributed by atoms with Crippen LogP contribution in [0.5, 0.6) is 0 Å². The third kappa shape index (κ3) is 3.20. The molecule has 0 bridgehead atoms. The van der Waals surface area contributed by atoms with Crippen LogP contribution in [0.3, 0.4) is 0 Å². The van der Waals surface area contributed by atoms with E-state index in [1.165, 1.54) is 18.2 Å². The first-order valence-electron chi connectivity index (χ1n) is 10.1. The van der Waals surface area contributed by atoms with Crippen LogP contribution in [-0.4, -0.2) is 9.97 Å². The molecule has 0 fully saturated rings. The molecule has 3 aromatic carbocycles. The lowest BCUT2D eigenvalue weighted by Gasteiger charge is -2.10. The van der Waals surface area contributed by atoms with E-state index in [1.54, 1.807) is 6.07 Å². The van der Waals surface area contributed by atoms with E-state index in [4.69, 9.17) is 6.57 Å². The van der Waals surface area contributed by atoms with Crippen LogP contribution in [0.15, 0.2) is 36.0 Å². The molecule has 0 saturated carbocycles. The van der Waals surface area contributed by atoms with Crippen LogP contribution >= 0.6 is 0 Å². The second-order valence-electron chi connectivity index (χ2n) is 7.68. The zero-order valence-corrected chi connectivity index (χ0v) is 18.0. The van der Waals surface area contributed by atoms with E-state index in [9.17, 15) is 37.7 Å². The molecule has 11 heteroatoms. The molecule has 1 heterocycles. The van der Waals surface area contributed by atoms with Gasteiger partial charge in [0.1, 0.15) is 12.1 Å². The van der Waals surface area contributed by atoms with Crippen molar-refractivity contribution in [1.82, 2.24) is 9.97 Å². The van der Waals surface area contributed by atoms with Gasteiger partial charge < -0.3 is 0 Å². The average molecular weight is 496 g/mol. The van der Waals surface area contributed by atoms with Crippen molar-refractivity contribution in [1.29, 1.82) is 15.8 Å². The summed E-state index contributed by atoms with van der Waals surface area (Å²) < 4.78 is 70.3. The lowest BCUT2D eigenvalue weighted by atomic mass is 9.96. The van der Waals surface area contributed by atoms with Crippen LogP contribution in [0, 0.1) is 69.7 Å². The number of allylic oxidation sites excluding steroid dienone is 1. The van der Waals surface area contributed by atoms with Gasteiger partial charge in [0.25, 0.3) is 5.70 Å². The van der Waals surface area contributed by atoms with Crippen LogP contribution in [-0.2, 0) is 0 Å². The molecular weight excluding hydrogens is 491 g/mol. The number of benzene rings is 3. The van der Waals surface area contributed by atoms with Crippen molar-refractivity contribution in [3.63, 3.8) is 0 Å². The lowest BCUT2D eigenvalue weighted by Crippen LogP contribution is -2.04. The Bertz CT molecular complexity index is 1890. The van der Waals surface area contributed by atoms with Gasteiger partial charge in [0.15, 0.2) is 23.3 Å². The summed E-state index contributed by atoms with van der Waals surface area (Å²) >= 11 is 0. The van der Waals surface area contributed by atoms with Gasteiger partial charge in [-0.3, -0.25) is 0 Å². The zero-order chi connectivity index (χ0) is 26.6. The topological polar surface area (TPSA) is 102 Å². The molecule has 6 nitrogen and oxygen atoms in total. The Morgan fingerprint density at radius 1 is 0.730 bits per heavy atom. The molecule has 0 saturated heterocycles. The van der Waals surface area contributed by atoms with Gasteiger partial charge in [0.2, 0.25) is 5.82 Å². The van der Waals surface area contributed by atoms with Gasteiger partial charge >= 0.3 is 0 Å². The first-order chi connectivity index (χ1) is 17.7. The summed E-state index contributed by atoms with van der Waals surface area (Å²) in [5.74, 6) is -10.6. The molecule has 37 heavy (non-hydrogen) atoms. The third-order valence-electron chi connectivity index (χ3n) is 5.78. The summed E-state index contributed by atoms with van der Waals surface area (Å²) in [4.78, 5) is 12.1. The van der Waals surface area contributed by atoms with E-state index < -0.39 is 45.9 Å². The second-order valence-corrected chi connectivity index (χ2v) is 7.68. The van der Waals surface area contributed by atoms with Gasteiger partial charge in [0.05, 0.1) is 51.8 Å². The Morgan fingerprint density at radius 2 is 1.27 bits per heavy atom. The normalized spacial score (nSPS) is 12.7. The van der Waals surface area contributed by atoms with Crippen molar-refractivity contribution in [2.24, 2.45) is 0 Å². The van der Waals surface area contributed by atoms with E-state index in [1.807, 2.05) is 12.1 Å². The molecular formula is C26H5F5N6. The van der Waals surface area contributed by atoms with Crippen molar-refractivity contribution in [2.45, 2.75) is 0 Å². The van der Waals surface area contributed by atoms with E-state index in [0.29, 0.717) is 0 Å². The monoisotopic (exact) mass is 496 g/mol. The quantitative estimate of drug-likeness (QED) is 0.0943. The van der Waals surface area contributed by atoms with Gasteiger partial charge in [0, 0.05) is 11.1 Å². The molecule has 5 rings (SSSR count). The summed E-state index contributed by atoms with van der Waals surface area (Å²) in [5, 5.41) is 28.2. The molecule has 0 spiro atoms. The maximum Gasteiger partial charge on any atom is 0.271 e. The minimum atomic E-state index is -2.30. The summed E-state index contributed by atoms with van der Waals surface area (Å²) in [6, 6.07) is 11.6. The molecule has 1 aliphatic rings. The standard InChI is InChI=1S/C26H5F5N6/c1-35-17(9-34)19-14-4-10(18-20(27)22(29)24(31)23(30)21(18)28)2-3-13(14)25-26(19)37-16-6-12(8-33)11(7-32)5-15(16)36-25/h2-6H/b19-17+. The zero-order valence-electron chi connectivity index (χ0n) is 18.0. The highest BCUT2D eigenvalue weighted by molar-refractivity contribution is 6.03. The Hall–Kier alpha value is -5.65. The number of halogens is 5. The summed E-state index contributed by atoms with van der Waals surface area (Å²) in [7, 11) is 0. The summed E-state index contributed by atoms with van der Waals surface area (Å²) in [6.07, 6.45) is 0. The molecule has 1 aliphatic carbocycles. The van der Waals surface area contributed by atoms with Crippen LogP contribution in [0.4, 0.5) is 22.0 Å². The maximum absolute atomic E-state index is 14.5. The van der Waals surface area contributed by atoms with E-state index >= 15 is 0 Å². The largest absolute Gasteiger partial charge is 0.271 e. The van der Waals surface area contributed by atoms with Crippen molar-refractivity contribution in [3.05, 3.63) is 98.9 Å². The average Bonchev–Trinajstić information content (AvgIpc) is 3.22. The Morgan fingerprint density at radius 3 is 1.78 bits per heavy atom. The van der Waals surface area contributed by atoms with Crippen molar-refractivity contribution < 1.29 is 22.0 Å². The first kappa shape index (κ1) is 23.1. The Balaban J connectivity index is 1.85. The number of hydrogen-bond donors (Lipinski definition) is 0. The molecule has 0 amide bonds. The summed E-state index contributed by atoms with van der Waals surface area (Å²) in [5.41, 5.74) is -1.14. The van der Waals surface area contributed by atoms with Gasteiger partial charge in [-0.05, 0) is 29.3 Å². The Labute approximate surface area is 204 Å². The second kappa shape index (κ2) is 8.23. The molecule has 0 aliphatic heterocycles. The first-order valence-corrected chi connectivity index (χ1v) is 10.1.